The molecule has 0 radical (unpaired) electrons. The summed E-state index contributed by atoms with van der Waals surface area (Å²) in [7, 11) is 0. The Morgan fingerprint density at radius 1 is 1.41 bits per heavy atom. The first-order chi connectivity index (χ1) is 8.22. The van der Waals surface area contributed by atoms with Crippen molar-refractivity contribution in [2.75, 3.05) is 12.3 Å². The number of hydrogen-bond donors (Lipinski definition) is 3. The Hall–Kier alpha value is -1.73. The van der Waals surface area contributed by atoms with Gasteiger partial charge in [0.2, 0.25) is 0 Å². The van der Waals surface area contributed by atoms with Crippen LogP contribution in [0.2, 0.25) is 0 Å². The fraction of sp³-hybridized carbons (Fsp3) is 0.500. The van der Waals surface area contributed by atoms with Gasteiger partial charge in [0.1, 0.15) is 11.8 Å². The first kappa shape index (κ1) is 10.4. The van der Waals surface area contributed by atoms with Gasteiger partial charge in [0.25, 0.3) is 0 Å². The third-order valence-corrected chi connectivity index (χ3v) is 3.40. The molecule has 0 aliphatic heterocycles. The molecule has 2 aromatic heterocycles. The molecule has 0 bridgehead atoms. The lowest BCUT2D eigenvalue weighted by atomic mass is 9.77. The van der Waals surface area contributed by atoms with E-state index in [0.717, 1.165) is 0 Å². The van der Waals surface area contributed by atoms with Crippen LogP contribution in [0.15, 0.2) is 12.7 Å². The summed E-state index contributed by atoms with van der Waals surface area (Å²) in [6, 6.07) is -0.0913. The molecule has 1 aliphatic carbocycles. The summed E-state index contributed by atoms with van der Waals surface area (Å²) in [5.41, 5.74) is 6.86. The molecule has 1 aliphatic rings. The van der Waals surface area contributed by atoms with E-state index < -0.39 is 6.10 Å². The van der Waals surface area contributed by atoms with Gasteiger partial charge < -0.3 is 20.5 Å². The minimum absolute atomic E-state index is 0.00141. The smallest absolute Gasteiger partial charge is 0.165 e. The number of fused-ring (bicyclic) bond motifs is 1. The van der Waals surface area contributed by atoms with Gasteiger partial charge in [0, 0.05) is 12.5 Å². The fourth-order valence-electron chi connectivity index (χ4n) is 2.28. The average molecular weight is 235 g/mol. The lowest BCUT2D eigenvalue weighted by Crippen LogP contribution is -2.44. The van der Waals surface area contributed by atoms with E-state index in [-0.39, 0.29) is 18.6 Å². The molecule has 4 N–H and O–H groups in total. The Labute approximate surface area is 96.9 Å². The van der Waals surface area contributed by atoms with Crippen LogP contribution < -0.4 is 5.73 Å². The maximum atomic E-state index is 9.88. The second-order valence-electron chi connectivity index (χ2n) is 4.32. The van der Waals surface area contributed by atoms with Gasteiger partial charge >= 0.3 is 0 Å². The Morgan fingerprint density at radius 3 is 2.94 bits per heavy atom. The van der Waals surface area contributed by atoms with Gasteiger partial charge in [-0.1, -0.05) is 0 Å². The predicted octanol–water partition coefficient (Wildman–Crippen LogP) is -0.677. The van der Waals surface area contributed by atoms with Crippen molar-refractivity contribution in [2.24, 2.45) is 5.92 Å². The zero-order valence-electron chi connectivity index (χ0n) is 9.06. The van der Waals surface area contributed by atoms with E-state index in [9.17, 15) is 5.11 Å². The van der Waals surface area contributed by atoms with E-state index in [1.807, 2.05) is 0 Å². The number of nitrogen functional groups attached to an aromatic ring is 1. The number of imidazole rings is 1. The van der Waals surface area contributed by atoms with Crippen molar-refractivity contribution in [2.45, 2.75) is 18.6 Å². The predicted molar refractivity (Wildman–Crippen MR) is 60.0 cm³/mol. The SMILES string of the molecule is Nc1ncnc2c1ncn2C1CC(CO)C1O. The molecular weight excluding hydrogens is 222 g/mol. The number of aromatic nitrogens is 4. The van der Waals surface area contributed by atoms with Gasteiger partial charge in [-0.05, 0) is 6.42 Å². The van der Waals surface area contributed by atoms with Crippen molar-refractivity contribution >= 4 is 17.0 Å². The number of aliphatic hydroxyl groups is 2. The van der Waals surface area contributed by atoms with E-state index in [1.54, 1.807) is 10.9 Å². The minimum atomic E-state index is -0.561. The van der Waals surface area contributed by atoms with Gasteiger partial charge in [-0.25, -0.2) is 15.0 Å². The van der Waals surface area contributed by atoms with E-state index >= 15 is 0 Å². The summed E-state index contributed by atoms with van der Waals surface area (Å²) in [4.78, 5) is 12.1. The highest BCUT2D eigenvalue weighted by Gasteiger charge is 2.41. The topological polar surface area (TPSA) is 110 Å². The van der Waals surface area contributed by atoms with Crippen LogP contribution in [0.3, 0.4) is 0 Å². The second-order valence-corrected chi connectivity index (χ2v) is 4.32. The summed E-state index contributed by atoms with van der Waals surface area (Å²) in [5, 5.41) is 18.9. The van der Waals surface area contributed by atoms with Gasteiger partial charge in [0.15, 0.2) is 11.5 Å². The summed E-state index contributed by atoms with van der Waals surface area (Å²) in [6.45, 7) is 0.00141. The highest BCUT2D eigenvalue weighted by molar-refractivity contribution is 5.81. The summed E-state index contributed by atoms with van der Waals surface area (Å²) in [6.07, 6.45) is 3.14. The van der Waals surface area contributed by atoms with Crippen LogP contribution in [0.4, 0.5) is 5.82 Å². The number of anilines is 1. The second kappa shape index (κ2) is 3.64. The largest absolute Gasteiger partial charge is 0.396 e. The summed E-state index contributed by atoms with van der Waals surface area (Å²) in [5.74, 6) is 0.276. The third kappa shape index (κ3) is 1.39. The summed E-state index contributed by atoms with van der Waals surface area (Å²) < 4.78 is 1.80. The molecule has 0 spiro atoms. The minimum Gasteiger partial charge on any atom is -0.396 e. The van der Waals surface area contributed by atoms with Crippen LogP contribution in [-0.2, 0) is 0 Å². The maximum absolute atomic E-state index is 9.88. The number of nitrogens with two attached hydrogens (primary N) is 1. The lowest BCUT2D eigenvalue weighted by Gasteiger charge is -2.40. The van der Waals surface area contributed by atoms with Crippen LogP contribution >= 0.6 is 0 Å². The monoisotopic (exact) mass is 235 g/mol. The third-order valence-electron chi connectivity index (χ3n) is 3.40. The van der Waals surface area contributed by atoms with E-state index in [4.69, 9.17) is 10.8 Å². The fourth-order valence-corrected chi connectivity index (χ4v) is 2.28. The molecule has 0 saturated heterocycles. The van der Waals surface area contributed by atoms with Gasteiger partial charge in [-0.15, -0.1) is 0 Å². The molecule has 2 heterocycles. The van der Waals surface area contributed by atoms with Crippen LogP contribution in [0, 0.1) is 5.92 Å². The zero-order valence-corrected chi connectivity index (χ0v) is 9.06. The molecule has 7 heteroatoms. The molecule has 3 rings (SSSR count). The van der Waals surface area contributed by atoms with Crippen LogP contribution in [-0.4, -0.2) is 42.4 Å². The zero-order chi connectivity index (χ0) is 12.0. The van der Waals surface area contributed by atoms with Crippen molar-refractivity contribution in [3.05, 3.63) is 12.7 Å². The molecule has 1 fully saturated rings. The van der Waals surface area contributed by atoms with E-state index in [0.29, 0.717) is 23.4 Å². The number of aliphatic hydroxyl groups excluding tert-OH is 2. The average Bonchev–Trinajstić information content (AvgIpc) is 2.73. The molecule has 7 nitrogen and oxygen atoms in total. The van der Waals surface area contributed by atoms with Gasteiger partial charge in [-0.3, -0.25) is 0 Å². The normalized spacial score (nSPS) is 28.2. The molecule has 2 aromatic rings. The first-order valence-corrected chi connectivity index (χ1v) is 5.44. The molecule has 17 heavy (non-hydrogen) atoms. The van der Waals surface area contributed by atoms with Crippen molar-refractivity contribution in [1.29, 1.82) is 0 Å². The Balaban J connectivity index is 2.00. The van der Waals surface area contributed by atoms with Crippen LogP contribution in [0.1, 0.15) is 12.5 Å². The van der Waals surface area contributed by atoms with Crippen LogP contribution in [0.5, 0.6) is 0 Å². The number of rotatable bonds is 2. The van der Waals surface area contributed by atoms with Crippen molar-refractivity contribution in [3.8, 4) is 0 Å². The number of hydrogen-bond acceptors (Lipinski definition) is 6. The van der Waals surface area contributed by atoms with Crippen molar-refractivity contribution < 1.29 is 10.2 Å². The van der Waals surface area contributed by atoms with Gasteiger partial charge in [0.05, 0.1) is 18.5 Å². The summed E-state index contributed by atoms with van der Waals surface area (Å²) >= 11 is 0. The quantitative estimate of drug-likeness (QED) is 0.636. The lowest BCUT2D eigenvalue weighted by molar-refractivity contribution is -0.0550. The Morgan fingerprint density at radius 2 is 2.24 bits per heavy atom. The Kier molecular flexibility index (Phi) is 2.23. The van der Waals surface area contributed by atoms with Crippen molar-refractivity contribution in [3.63, 3.8) is 0 Å². The maximum Gasteiger partial charge on any atom is 0.165 e. The number of nitrogens with zero attached hydrogens (tertiary/aromatic N) is 4. The van der Waals surface area contributed by atoms with Gasteiger partial charge in [-0.2, -0.15) is 0 Å². The molecule has 1 saturated carbocycles. The highest BCUT2D eigenvalue weighted by Crippen LogP contribution is 2.39. The molecule has 0 aromatic carbocycles. The molecular formula is C10H13N5O2. The van der Waals surface area contributed by atoms with E-state index in [2.05, 4.69) is 15.0 Å². The van der Waals surface area contributed by atoms with Crippen molar-refractivity contribution in [1.82, 2.24) is 19.5 Å². The standard InChI is InChI=1S/C10H13N5O2/c11-9-7-10(13-3-12-9)15(4-14-7)6-1-5(2-16)8(6)17/h3-6,8,16-17H,1-2H2,(H2,11,12,13). The highest BCUT2D eigenvalue weighted by atomic mass is 16.3. The molecule has 0 amide bonds. The molecule has 90 valence electrons. The Bertz CT molecular complexity index is 555. The molecule has 3 unspecified atom stereocenters. The van der Waals surface area contributed by atoms with Crippen LogP contribution in [0.25, 0.3) is 11.2 Å². The molecule has 3 atom stereocenters. The first-order valence-electron chi connectivity index (χ1n) is 5.44. The van der Waals surface area contributed by atoms with E-state index in [1.165, 1.54) is 6.33 Å².